The van der Waals surface area contributed by atoms with Crippen molar-refractivity contribution in [2.24, 2.45) is 0 Å². The second kappa shape index (κ2) is 15.1. The van der Waals surface area contributed by atoms with E-state index in [0.717, 1.165) is 16.7 Å². The molecule has 5 nitrogen and oxygen atoms in total. The summed E-state index contributed by atoms with van der Waals surface area (Å²) in [4.78, 5) is 4.46. The van der Waals surface area contributed by atoms with E-state index in [1.54, 1.807) is 35.7 Å². The maximum Gasteiger partial charge on any atom is 0.115 e. The molecule has 3 rings (SSSR count). The molecule has 0 saturated heterocycles. The van der Waals surface area contributed by atoms with Crippen molar-refractivity contribution >= 4 is 23.5 Å². The molecule has 0 heterocycles. The molecule has 0 saturated carbocycles. The van der Waals surface area contributed by atoms with E-state index in [1.807, 2.05) is 92.2 Å². The van der Waals surface area contributed by atoms with Crippen molar-refractivity contribution in [2.75, 3.05) is 39.7 Å². The molecular weight excluding hydrogens is 464 g/mol. The Bertz CT molecular complexity index is 968. The third-order valence-corrected chi connectivity index (χ3v) is 6.73. The van der Waals surface area contributed by atoms with Crippen LogP contribution in [0.15, 0.2) is 82.6 Å². The van der Waals surface area contributed by atoms with Crippen molar-refractivity contribution in [3.63, 3.8) is 0 Å². The van der Waals surface area contributed by atoms with Crippen LogP contribution in [0.2, 0.25) is 0 Å². The van der Waals surface area contributed by atoms with Crippen molar-refractivity contribution in [1.29, 1.82) is 0 Å². The van der Waals surface area contributed by atoms with Gasteiger partial charge in [0.15, 0.2) is 0 Å². The average molecular weight is 501 g/mol. The van der Waals surface area contributed by atoms with Crippen LogP contribution in [-0.4, -0.2) is 59.9 Å². The maximum atomic E-state index is 10.3. The average Bonchev–Trinajstić information content (AvgIpc) is 2.84. The Hall–Kier alpha value is -2.00. The lowest BCUT2D eigenvalue weighted by molar-refractivity contribution is 0.124. The van der Waals surface area contributed by atoms with Gasteiger partial charge in [0.25, 0.3) is 0 Å². The summed E-state index contributed by atoms with van der Waals surface area (Å²) in [5, 5.41) is 32.3. The van der Waals surface area contributed by atoms with Crippen molar-refractivity contribution in [3.8, 4) is 5.75 Å². The van der Waals surface area contributed by atoms with Gasteiger partial charge in [-0.2, -0.15) is 0 Å². The highest BCUT2D eigenvalue weighted by atomic mass is 32.2. The standard InChI is InChI=1S/C17H21NO2S.C10H15NOS/c1-18(11-13-4-3-5-15(19)10-13)12-17(20)14-6-8-16(21-2)9-7-14;1-11-7-10(12)8-3-5-9(13-2)6-4-8/h3-10,17,19-20H,11-12H2,1-2H3;3-6,10-12H,7H2,1-2H3. The van der Waals surface area contributed by atoms with Gasteiger partial charge in [-0.05, 0) is 79.7 Å². The Labute approximate surface area is 212 Å². The lowest BCUT2D eigenvalue weighted by atomic mass is 10.1. The number of hydrogen-bond acceptors (Lipinski definition) is 7. The molecule has 0 aliphatic rings. The Morgan fingerprint density at radius 3 is 1.82 bits per heavy atom. The molecular formula is C27H36N2O3S2. The molecule has 0 fully saturated rings. The summed E-state index contributed by atoms with van der Waals surface area (Å²) in [5.74, 6) is 0.272. The zero-order valence-electron chi connectivity index (χ0n) is 20.3. The van der Waals surface area contributed by atoms with E-state index in [-0.39, 0.29) is 5.75 Å². The SMILES string of the molecule is CNCC(O)c1ccc(SC)cc1.CSc1ccc(C(O)CN(C)Cc2cccc(O)c2)cc1. The zero-order valence-corrected chi connectivity index (χ0v) is 21.9. The molecule has 2 unspecified atom stereocenters. The van der Waals surface area contributed by atoms with Crippen LogP contribution in [0.3, 0.4) is 0 Å². The van der Waals surface area contributed by atoms with E-state index in [2.05, 4.69) is 5.32 Å². The summed E-state index contributed by atoms with van der Waals surface area (Å²) in [6, 6.07) is 23.2. The van der Waals surface area contributed by atoms with Crippen LogP contribution in [0.25, 0.3) is 0 Å². The first kappa shape index (κ1) is 28.2. The van der Waals surface area contributed by atoms with Gasteiger partial charge in [-0.3, -0.25) is 4.90 Å². The van der Waals surface area contributed by atoms with E-state index in [1.165, 1.54) is 9.79 Å². The van der Waals surface area contributed by atoms with E-state index in [9.17, 15) is 15.3 Å². The quantitative estimate of drug-likeness (QED) is 0.294. The van der Waals surface area contributed by atoms with Gasteiger partial charge in [0.2, 0.25) is 0 Å². The molecule has 0 aromatic heterocycles. The molecule has 4 N–H and O–H groups in total. The van der Waals surface area contributed by atoms with Gasteiger partial charge in [0.05, 0.1) is 12.2 Å². The normalized spacial score (nSPS) is 12.7. The third kappa shape index (κ3) is 9.70. The number of thioether (sulfide) groups is 2. The Morgan fingerprint density at radius 2 is 1.35 bits per heavy atom. The first-order valence-electron chi connectivity index (χ1n) is 11.1. The molecule has 2 atom stereocenters. The molecule has 0 aliphatic heterocycles. The number of aromatic hydroxyl groups is 1. The fraction of sp³-hybridized carbons (Fsp3) is 0.333. The van der Waals surface area contributed by atoms with Crippen molar-refractivity contribution in [1.82, 2.24) is 10.2 Å². The second-order valence-corrected chi connectivity index (χ2v) is 9.76. The van der Waals surface area contributed by atoms with E-state index in [4.69, 9.17) is 0 Å². The van der Waals surface area contributed by atoms with E-state index in [0.29, 0.717) is 19.6 Å². The number of likely N-dealkylation sites (N-methyl/N-ethyl adjacent to an activating group) is 2. The van der Waals surface area contributed by atoms with Crippen LogP contribution < -0.4 is 5.32 Å². The summed E-state index contributed by atoms with van der Waals surface area (Å²) >= 11 is 3.40. The fourth-order valence-corrected chi connectivity index (χ4v) is 4.21. The largest absolute Gasteiger partial charge is 0.508 e. The minimum Gasteiger partial charge on any atom is -0.508 e. The molecule has 0 aliphatic carbocycles. The number of nitrogens with zero attached hydrogens (tertiary/aromatic N) is 1. The monoisotopic (exact) mass is 500 g/mol. The topological polar surface area (TPSA) is 76.0 Å². The van der Waals surface area contributed by atoms with Gasteiger partial charge >= 0.3 is 0 Å². The predicted molar refractivity (Wildman–Crippen MR) is 145 cm³/mol. The van der Waals surface area contributed by atoms with Crippen molar-refractivity contribution < 1.29 is 15.3 Å². The van der Waals surface area contributed by atoms with E-state index < -0.39 is 12.2 Å². The summed E-state index contributed by atoms with van der Waals surface area (Å²) in [6.07, 6.45) is 3.16. The molecule has 0 radical (unpaired) electrons. The van der Waals surface area contributed by atoms with Gasteiger partial charge in [-0.25, -0.2) is 0 Å². The molecule has 7 heteroatoms. The number of rotatable bonds is 10. The molecule has 184 valence electrons. The molecule has 0 bridgehead atoms. The Balaban J connectivity index is 0.000000270. The van der Waals surface area contributed by atoms with Gasteiger partial charge < -0.3 is 20.6 Å². The number of phenolic OH excluding ortho intramolecular Hbond substituents is 1. The first-order valence-corrected chi connectivity index (χ1v) is 13.6. The highest BCUT2D eigenvalue weighted by Crippen LogP contribution is 2.21. The summed E-state index contributed by atoms with van der Waals surface area (Å²) in [5.41, 5.74) is 2.92. The molecule has 3 aromatic rings. The van der Waals surface area contributed by atoms with Crippen LogP contribution >= 0.6 is 23.5 Å². The summed E-state index contributed by atoms with van der Waals surface area (Å²) in [7, 11) is 3.79. The number of aliphatic hydroxyl groups is 2. The van der Waals surface area contributed by atoms with Gasteiger partial charge in [0.1, 0.15) is 5.75 Å². The number of benzene rings is 3. The second-order valence-electron chi connectivity index (χ2n) is 8.00. The van der Waals surface area contributed by atoms with Crippen LogP contribution in [0.1, 0.15) is 28.9 Å². The molecule has 34 heavy (non-hydrogen) atoms. The van der Waals surface area contributed by atoms with Crippen LogP contribution in [0.5, 0.6) is 5.75 Å². The summed E-state index contributed by atoms with van der Waals surface area (Å²) < 4.78 is 0. The van der Waals surface area contributed by atoms with Crippen molar-refractivity contribution in [3.05, 3.63) is 89.5 Å². The lowest BCUT2D eigenvalue weighted by Gasteiger charge is -2.21. The zero-order chi connectivity index (χ0) is 24.9. The summed E-state index contributed by atoms with van der Waals surface area (Å²) in [6.45, 7) is 1.83. The number of hydrogen-bond donors (Lipinski definition) is 4. The van der Waals surface area contributed by atoms with Crippen LogP contribution in [-0.2, 0) is 6.54 Å². The van der Waals surface area contributed by atoms with Gasteiger partial charge in [-0.15, -0.1) is 23.5 Å². The lowest BCUT2D eigenvalue weighted by Crippen LogP contribution is -2.24. The minimum absolute atomic E-state index is 0.272. The minimum atomic E-state index is -0.511. The molecule has 3 aromatic carbocycles. The number of aliphatic hydroxyl groups excluding tert-OH is 2. The smallest absolute Gasteiger partial charge is 0.115 e. The number of nitrogens with one attached hydrogen (secondary N) is 1. The van der Waals surface area contributed by atoms with Crippen LogP contribution in [0.4, 0.5) is 0 Å². The highest BCUT2D eigenvalue weighted by molar-refractivity contribution is 7.98. The number of phenols is 1. The highest BCUT2D eigenvalue weighted by Gasteiger charge is 2.11. The van der Waals surface area contributed by atoms with E-state index >= 15 is 0 Å². The van der Waals surface area contributed by atoms with Gasteiger partial charge in [0, 0.05) is 29.4 Å². The Kier molecular flexibility index (Phi) is 12.5. The van der Waals surface area contributed by atoms with Crippen molar-refractivity contribution in [2.45, 2.75) is 28.5 Å². The molecule has 0 spiro atoms. The third-order valence-electron chi connectivity index (χ3n) is 5.25. The van der Waals surface area contributed by atoms with Gasteiger partial charge in [-0.1, -0.05) is 36.4 Å². The fourth-order valence-electron chi connectivity index (χ4n) is 3.39. The maximum absolute atomic E-state index is 10.3. The predicted octanol–water partition coefficient (Wildman–Crippen LogP) is 4.94. The molecule has 0 amide bonds. The Morgan fingerprint density at radius 1 is 0.824 bits per heavy atom. The first-order chi connectivity index (χ1) is 16.4. The van der Waals surface area contributed by atoms with Crippen LogP contribution in [0, 0.1) is 0 Å².